The van der Waals surface area contributed by atoms with Gasteiger partial charge in [-0.15, -0.1) is 0 Å². The largest absolute Gasteiger partial charge is 0.459 e. The second-order valence-electron chi connectivity index (χ2n) is 5.43. The minimum absolute atomic E-state index is 0.0693. The molecule has 0 spiro atoms. The first-order chi connectivity index (χ1) is 9.31. The van der Waals surface area contributed by atoms with Crippen molar-refractivity contribution in [1.82, 2.24) is 9.55 Å². The second-order valence-corrected chi connectivity index (χ2v) is 5.43. The Morgan fingerprint density at radius 3 is 2.80 bits per heavy atom. The SMILES string of the molecule is CC(C)(C)OC(=O)Cn1c(C#N)nc2c(N)cccc21. The fourth-order valence-corrected chi connectivity index (χ4v) is 1.92. The highest BCUT2D eigenvalue weighted by molar-refractivity contribution is 5.89. The van der Waals surface area contributed by atoms with Gasteiger partial charge in [-0.25, -0.2) is 4.98 Å². The molecule has 20 heavy (non-hydrogen) atoms. The molecule has 6 nitrogen and oxygen atoms in total. The van der Waals surface area contributed by atoms with E-state index < -0.39 is 11.6 Å². The van der Waals surface area contributed by atoms with Crippen LogP contribution >= 0.6 is 0 Å². The summed E-state index contributed by atoms with van der Waals surface area (Å²) in [5.74, 6) is -0.278. The molecule has 2 rings (SSSR count). The third-order valence-electron chi connectivity index (χ3n) is 2.62. The summed E-state index contributed by atoms with van der Waals surface area (Å²) in [7, 11) is 0. The molecule has 0 unspecified atom stereocenters. The first-order valence-electron chi connectivity index (χ1n) is 6.18. The highest BCUT2D eigenvalue weighted by atomic mass is 16.6. The molecule has 1 aromatic heterocycles. The van der Waals surface area contributed by atoms with Crippen LogP contribution in [0.3, 0.4) is 0 Å². The molecular formula is C14H16N4O2. The number of benzene rings is 1. The zero-order chi connectivity index (χ0) is 14.9. The Balaban J connectivity index is 2.42. The lowest BCUT2D eigenvalue weighted by Crippen LogP contribution is -2.26. The van der Waals surface area contributed by atoms with Gasteiger partial charge in [-0.3, -0.25) is 4.79 Å². The van der Waals surface area contributed by atoms with Crippen LogP contribution in [-0.2, 0) is 16.1 Å². The molecule has 0 amide bonds. The molecule has 0 atom stereocenters. The van der Waals surface area contributed by atoms with E-state index in [1.165, 1.54) is 4.57 Å². The van der Waals surface area contributed by atoms with E-state index in [1.807, 2.05) is 6.07 Å². The lowest BCUT2D eigenvalue weighted by molar-refractivity contribution is -0.155. The minimum Gasteiger partial charge on any atom is -0.459 e. The van der Waals surface area contributed by atoms with Crippen LogP contribution in [0.4, 0.5) is 5.69 Å². The summed E-state index contributed by atoms with van der Waals surface area (Å²) in [6.45, 7) is 5.31. The zero-order valence-electron chi connectivity index (χ0n) is 11.7. The number of nitrogen functional groups attached to an aromatic ring is 1. The van der Waals surface area contributed by atoms with Gasteiger partial charge >= 0.3 is 5.97 Å². The van der Waals surface area contributed by atoms with Crippen molar-refractivity contribution in [3.63, 3.8) is 0 Å². The smallest absolute Gasteiger partial charge is 0.326 e. The van der Waals surface area contributed by atoms with Crippen molar-refractivity contribution in [2.45, 2.75) is 32.9 Å². The maximum absolute atomic E-state index is 11.9. The molecule has 2 aromatic rings. The van der Waals surface area contributed by atoms with E-state index in [2.05, 4.69) is 4.98 Å². The first kappa shape index (κ1) is 13.9. The average Bonchev–Trinajstić information content (AvgIpc) is 2.67. The van der Waals surface area contributed by atoms with Crippen molar-refractivity contribution >= 4 is 22.7 Å². The number of hydrogen-bond acceptors (Lipinski definition) is 5. The normalized spacial score (nSPS) is 11.3. The summed E-state index contributed by atoms with van der Waals surface area (Å²) in [5.41, 5.74) is 6.89. The molecule has 6 heteroatoms. The van der Waals surface area contributed by atoms with Gasteiger partial charge in [-0.2, -0.15) is 5.26 Å². The van der Waals surface area contributed by atoms with Crippen molar-refractivity contribution in [2.75, 3.05) is 5.73 Å². The number of esters is 1. The number of carbonyl (C=O) groups excluding carboxylic acids is 1. The summed E-state index contributed by atoms with van der Waals surface area (Å²) < 4.78 is 6.78. The van der Waals surface area contributed by atoms with Gasteiger partial charge in [0.15, 0.2) is 0 Å². The Hall–Kier alpha value is -2.55. The summed E-state index contributed by atoms with van der Waals surface area (Å²) in [6, 6.07) is 7.20. The number of rotatable bonds is 2. The predicted octanol–water partition coefficient (Wildman–Crippen LogP) is 1.83. The number of hydrogen-bond donors (Lipinski definition) is 1. The van der Waals surface area contributed by atoms with Gasteiger partial charge in [0.05, 0.1) is 11.2 Å². The third kappa shape index (κ3) is 2.72. The van der Waals surface area contributed by atoms with Crippen LogP contribution in [0, 0.1) is 11.3 Å². The number of nitrogens with zero attached hydrogens (tertiary/aromatic N) is 3. The molecule has 1 heterocycles. The van der Waals surface area contributed by atoms with Crippen molar-refractivity contribution in [3.05, 3.63) is 24.0 Å². The monoisotopic (exact) mass is 272 g/mol. The molecule has 0 bridgehead atoms. The quantitative estimate of drug-likeness (QED) is 0.665. The molecule has 1 aromatic carbocycles. The van der Waals surface area contributed by atoms with Gasteiger partial charge < -0.3 is 15.0 Å². The molecule has 0 radical (unpaired) electrons. The average molecular weight is 272 g/mol. The Morgan fingerprint density at radius 2 is 2.20 bits per heavy atom. The number of carbonyl (C=O) groups is 1. The Bertz CT molecular complexity index is 704. The molecule has 0 aliphatic rings. The molecule has 0 saturated heterocycles. The summed E-state index contributed by atoms with van der Waals surface area (Å²) in [4.78, 5) is 16.1. The summed E-state index contributed by atoms with van der Waals surface area (Å²) >= 11 is 0. The molecule has 0 aliphatic carbocycles. The Kier molecular flexibility index (Phi) is 3.36. The topological polar surface area (TPSA) is 93.9 Å². The number of ether oxygens (including phenoxy) is 1. The van der Waals surface area contributed by atoms with E-state index in [0.29, 0.717) is 16.7 Å². The van der Waals surface area contributed by atoms with E-state index in [-0.39, 0.29) is 12.4 Å². The van der Waals surface area contributed by atoms with Gasteiger partial charge in [-0.05, 0) is 32.9 Å². The number of nitrogens with two attached hydrogens (primary N) is 1. The van der Waals surface area contributed by atoms with Crippen LogP contribution in [-0.4, -0.2) is 21.1 Å². The Labute approximate surface area is 116 Å². The number of imidazole rings is 1. The molecule has 104 valence electrons. The molecule has 0 saturated carbocycles. The van der Waals surface area contributed by atoms with Crippen molar-refractivity contribution in [2.24, 2.45) is 0 Å². The number of anilines is 1. The maximum Gasteiger partial charge on any atom is 0.326 e. The lowest BCUT2D eigenvalue weighted by atomic mass is 10.2. The summed E-state index contributed by atoms with van der Waals surface area (Å²) in [6.07, 6.45) is 0. The minimum atomic E-state index is -0.570. The van der Waals surface area contributed by atoms with Gasteiger partial charge in [0.2, 0.25) is 5.82 Å². The van der Waals surface area contributed by atoms with E-state index in [1.54, 1.807) is 39.0 Å². The fraction of sp³-hybridized carbons (Fsp3) is 0.357. The van der Waals surface area contributed by atoms with Gasteiger partial charge in [0.25, 0.3) is 0 Å². The van der Waals surface area contributed by atoms with Crippen LogP contribution in [0.1, 0.15) is 26.6 Å². The number of para-hydroxylation sites is 1. The molecule has 0 fully saturated rings. The summed E-state index contributed by atoms with van der Waals surface area (Å²) in [5, 5.41) is 9.13. The van der Waals surface area contributed by atoms with Crippen LogP contribution in [0.5, 0.6) is 0 Å². The molecule has 2 N–H and O–H groups in total. The number of aromatic nitrogens is 2. The van der Waals surface area contributed by atoms with Gasteiger partial charge in [0, 0.05) is 0 Å². The number of fused-ring (bicyclic) bond motifs is 1. The van der Waals surface area contributed by atoms with Gasteiger partial charge in [0.1, 0.15) is 23.7 Å². The van der Waals surface area contributed by atoms with Gasteiger partial charge in [-0.1, -0.05) is 6.07 Å². The van der Waals surface area contributed by atoms with E-state index in [9.17, 15) is 4.79 Å². The highest BCUT2D eigenvalue weighted by Crippen LogP contribution is 2.22. The Morgan fingerprint density at radius 1 is 1.50 bits per heavy atom. The van der Waals surface area contributed by atoms with Crippen LogP contribution < -0.4 is 5.73 Å². The van der Waals surface area contributed by atoms with Crippen LogP contribution in [0.15, 0.2) is 18.2 Å². The van der Waals surface area contributed by atoms with E-state index >= 15 is 0 Å². The lowest BCUT2D eigenvalue weighted by Gasteiger charge is -2.19. The van der Waals surface area contributed by atoms with E-state index in [4.69, 9.17) is 15.7 Å². The predicted molar refractivity (Wildman–Crippen MR) is 74.7 cm³/mol. The molecule has 0 aliphatic heterocycles. The number of nitriles is 1. The second kappa shape index (κ2) is 4.85. The maximum atomic E-state index is 11.9. The first-order valence-corrected chi connectivity index (χ1v) is 6.18. The fourth-order valence-electron chi connectivity index (χ4n) is 1.92. The zero-order valence-corrected chi connectivity index (χ0v) is 11.7. The van der Waals surface area contributed by atoms with Crippen molar-refractivity contribution in [1.29, 1.82) is 5.26 Å². The highest BCUT2D eigenvalue weighted by Gasteiger charge is 2.20. The van der Waals surface area contributed by atoms with Crippen molar-refractivity contribution in [3.8, 4) is 6.07 Å². The van der Waals surface area contributed by atoms with Crippen LogP contribution in [0.2, 0.25) is 0 Å². The van der Waals surface area contributed by atoms with Crippen molar-refractivity contribution < 1.29 is 9.53 Å². The molecular weight excluding hydrogens is 256 g/mol. The van der Waals surface area contributed by atoms with Crippen LogP contribution in [0.25, 0.3) is 11.0 Å². The standard InChI is InChI=1S/C14H16N4O2/c1-14(2,3)20-12(19)8-18-10-6-4-5-9(16)13(10)17-11(18)7-15/h4-6H,8,16H2,1-3H3. The third-order valence-corrected chi connectivity index (χ3v) is 2.62. The van der Waals surface area contributed by atoms with E-state index in [0.717, 1.165) is 0 Å².